The fraction of sp³-hybridized carbons (Fsp3) is 0.429. The Labute approximate surface area is 126 Å². The standard InChI is InChI=1S/C14H17F2N3O3/c15-11-2-1-10(7-12(11)16)18-13(20)8-17-14(21)9-19-3-5-22-6-4-19/h1-2,7H,3-6,8-9H2,(H,17,21)(H,18,20). The number of anilines is 1. The molecule has 0 bridgehead atoms. The number of nitrogens with one attached hydrogen (secondary N) is 2. The van der Waals surface area contributed by atoms with Crippen molar-refractivity contribution in [3.8, 4) is 0 Å². The van der Waals surface area contributed by atoms with Crippen LogP contribution in [0.3, 0.4) is 0 Å². The molecule has 0 saturated carbocycles. The lowest BCUT2D eigenvalue weighted by molar-refractivity contribution is -0.125. The van der Waals surface area contributed by atoms with Crippen LogP contribution in [-0.2, 0) is 14.3 Å². The van der Waals surface area contributed by atoms with Crippen molar-refractivity contribution in [3.63, 3.8) is 0 Å². The molecule has 1 heterocycles. The average molecular weight is 313 g/mol. The minimum Gasteiger partial charge on any atom is -0.379 e. The third-order valence-electron chi connectivity index (χ3n) is 3.12. The summed E-state index contributed by atoms with van der Waals surface area (Å²) in [7, 11) is 0. The van der Waals surface area contributed by atoms with E-state index in [2.05, 4.69) is 10.6 Å². The minimum atomic E-state index is -1.05. The van der Waals surface area contributed by atoms with E-state index in [9.17, 15) is 18.4 Å². The molecule has 1 aliphatic rings. The summed E-state index contributed by atoms with van der Waals surface area (Å²) < 4.78 is 30.9. The van der Waals surface area contributed by atoms with Crippen LogP contribution in [0, 0.1) is 11.6 Å². The highest BCUT2D eigenvalue weighted by Gasteiger charge is 2.14. The summed E-state index contributed by atoms with van der Waals surface area (Å²) in [5.41, 5.74) is 0.131. The van der Waals surface area contributed by atoms with Crippen molar-refractivity contribution in [3.05, 3.63) is 29.8 Å². The number of hydrogen-bond acceptors (Lipinski definition) is 4. The SMILES string of the molecule is O=C(CN1CCOCC1)NCC(=O)Nc1ccc(F)c(F)c1. The first kappa shape index (κ1) is 16.3. The van der Waals surface area contributed by atoms with E-state index < -0.39 is 17.5 Å². The lowest BCUT2D eigenvalue weighted by Crippen LogP contribution is -2.44. The van der Waals surface area contributed by atoms with E-state index in [1.165, 1.54) is 6.07 Å². The highest BCUT2D eigenvalue weighted by molar-refractivity contribution is 5.94. The first-order valence-electron chi connectivity index (χ1n) is 6.86. The number of halogens is 2. The number of benzene rings is 1. The molecule has 0 unspecified atom stereocenters. The van der Waals surface area contributed by atoms with E-state index >= 15 is 0 Å². The van der Waals surface area contributed by atoms with Gasteiger partial charge < -0.3 is 15.4 Å². The van der Waals surface area contributed by atoms with Gasteiger partial charge in [0.15, 0.2) is 11.6 Å². The van der Waals surface area contributed by atoms with Crippen LogP contribution in [0.4, 0.5) is 14.5 Å². The highest BCUT2D eigenvalue weighted by Crippen LogP contribution is 2.12. The van der Waals surface area contributed by atoms with Gasteiger partial charge in [0.05, 0.1) is 26.3 Å². The van der Waals surface area contributed by atoms with Gasteiger partial charge in [-0.05, 0) is 12.1 Å². The molecule has 22 heavy (non-hydrogen) atoms. The number of carbonyl (C=O) groups excluding carboxylic acids is 2. The Morgan fingerprint density at radius 2 is 1.86 bits per heavy atom. The second-order valence-corrected chi connectivity index (χ2v) is 4.84. The van der Waals surface area contributed by atoms with Gasteiger partial charge in [-0.3, -0.25) is 14.5 Å². The van der Waals surface area contributed by atoms with Gasteiger partial charge in [0.1, 0.15) is 0 Å². The maximum absolute atomic E-state index is 13.0. The topological polar surface area (TPSA) is 70.7 Å². The zero-order valence-electron chi connectivity index (χ0n) is 11.9. The van der Waals surface area contributed by atoms with Gasteiger partial charge in [-0.15, -0.1) is 0 Å². The van der Waals surface area contributed by atoms with Crippen molar-refractivity contribution < 1.29 is 23.1 Å². The Morgan fingerprint density at radius 1 is 1.14 bits per heavy atom. The number of amides is 2. The average Bonchev–Trinajstić information content (AvgIpc) is 2.50. The Hall–Kier alpha value is -2.06. The summed E-state index contributed by atoms with van der Waals surface area (Å²) in [4.78, 5) is 25.2. The Morgan fingerprint density at radius 3 is 2.55 bits per heavy atom. The van der Waals surface area contributed by atoms with Crippen LogP contribution in [0.2, 0.25) is 0 Å². The second-order valence-electron chi connectivity index (χ2n) is 4.84. The van der Waals surface area contributed by atoms with Crippen LogP contribution in [0.15, 0.2) is 18.2 Å². The van der Waals surface area contributed by atoms with Gasteiger partial charge in [0.25, 0.3) is 0 Å². The van der Waals surface area contributed by atoms with Crippen molar-refractivity contribution in [1.29, 1.82) is 0 Å². The molecule has 8 heteroatoms. The van der Waals surface area contributed by atoms with Crippen molar-refractivity contribution in [2.75, 3.05) is 44.7 Å². The number of rotatable bonds is 5. The van der Waals surface area contributed by atoms with Crippen LogP contribution in [0.1, 0.15) is 0 Å². The first-order valence-corrected chi connectivity index (χ1v) is 6.86. The fourth-order valence-electron chi connectivity index (χ4n) is 1.98. The molecule has 2 rings (SSSR count). The van der Waals surface area contributed by atoms with Crippen LogP contribution < -0.4 is 10.6 Å². The van der Waals surface area contributed by atoms with Crippen molar-refractivity contribution in [1.82, 2.24) is 10.2 Å². The maximum Gasteiger partial charge on any atom is 0.243 e. The molecule has 1 aliphatic heterocycles. The molecule has 1 aromatic carbocycles. The van der Waals surface area contributed by atoms with Crippen molar-refractivity contribution in [2.24, 2.45) is 0 Å². The molecule has 2 amide bonds. The summed E-state index contributed by atoms with van der Waals surface area (Å²) in [6.07, 6.45) is 0. The summed E-state index contributed by atoms with van der Waals surface area (Å²) in [6, 6.07) is 3.04. The third-order valence-corrected chi connectivity index (χ3v) is 3.12. The molecule has 1 fully saturated rings. The Kier molecular flexibility index (Phi) is 5.79. The van der Waals surface area contributed by atoms with Crippen LogP contribution in [0.25, 0.3) is 0 Å². The quantitative estimate of drug-likeness (QED) is 0.823. The maximum atomic E-state index is 13.0. The van der Waals surface area contributed by atoms with E-state index in [1.54, 1.807) is 0 Å². The minimum absolute atomic E-state index is 0.131. The molecule has 0 atom stereocenters. The van der Waals surface area contributed by atoms with Crippen LogP contribution in [0.5, 0.6) is 0 Å². The van der Waals surface area contributed by atoms with Gasteiger partial charge >= 0.3 is 0 Å². The molecule has 0 radical (unpaired) electrons. The number of nitrogens with zero attached hydrogens (tertiary/aromatic N) is 1. The molecule has 6 nitrogen and oxygen atoms in total. The molecular weight excluding hydrogens is 296 g/mol. The summed E-state index contributed by atoms with van der Waals surface area (Å²) in [5.74, 6) is -2.82. The van der Waals surface area contributed by atoms with Crippen LogP contribution in [-0.4, -0.2) is 56.1 Å². The molecule has 2 N–H and O–H groups in total. The number of morpholine rings is 1. The second kappa shape index (κ2) is 7.81. The Bertz CT molecular complexity index is 548. The molecule has 1 aromatic rings. The van der Waals surface area contributed by atoms with Crippen molar-refractivity contribution >= 4 is 17.5 Å². The van der Waals surface area contributed by atoms with Gasteiger partial charge in [0, 0.05) is 24.8 Å². The fourth-order valence-corrected chi connectivity index (χ4v) is 1.98. The zero-order valence-corrected chi connectivity index (χ0v) is 11.9. The van der Waals surface area contributed by atoms with E-state index in [0.717, 1.165) is 12.1 Å². The van der Waals surface area contributed by atoms with Crippen molar-refractivity contribution in [2.45, 2.75) is 0 Å². The molecule has 120 valence electrons. The highest BCUT2D eigenvalue weighted by atomic mass is 19.2. The lowest BCUT2D eigenvalue weighted by atomic mass is 10.3. The summed E-state index contributed by atoms with van der Waals surface area (Å²) >= 11 is 0. The van der Waals surface area contributed by atoms with E-state index in [1.807, 2.05) is 4.90 Å². The molecule has 0 aliphatic carbocycles. The normalized spacial score (nSPS) is 15.4. The van der Waals surface area contributed by atoms with Crippen LogP contribution >= 0.6 is 0 Å². The predicted octanol–water partition coefficient (Wildman–Crippen LogP) is 0.352. The summed E-state index contributed by atoms with van der Waals surface area (Å²) in [6.45, 7) is 2.49. The molecule has 0 aromatic heterocycles. The first-order chi connectivity index (χ1) is 10.5. The van der Waals surface area contributed by atoms with Gasteiger partial charge in [-0.25, -0.2) is 8.78 Å². The smallest absolute Gasteiger partial charge is 0.243 e. The largest absolute Gasteiger partial charge is 0.379 e. The predicted molar refractivity (Wildman–Crippen MR) is 75.3 cm³/mol. The molecule has 0 spiro atoms. The lowest BCUT2D eigenvalue weighted by Gasteiger charge is -2.25. The third kappa shape index (κ3) is 5.05. The Balaban J connectivity index is 1.72. The van der Waals surface area contributed by atoms with E-state index in [0.29, 0.717) is 26.3 Å². The van der Waals surface area contributed by atoms with E-state index in [-0.39, 0.29) is 24.7 Å². The molecule has 1 saturated heterocycles. The monoisotopic (exact) mass is 313 g/mol. The number of ether oxygens (including phenoxy) is 1. The van der Waals surface area contributed by atoms with Gasteiger partial charge in [-0.2, -0.15) is 0 Å². The van der Waals surface area contributed by atoms with E-state index in [4.69, 9.17) is 4.74 Å². The number of carbonyl (C=O) groups is 2. The van der Waals surface area contributed by atoms with Gasteiger partial charge in [0.2, 0.25) is 11.8 Å². The summed E-state index contributed by atoms with van der Waals surface area (Å²) in [5, 5.41) is 4.85. The number of hydrogen-bond donors (Lipinski definition) is 2. The molecular formula is C14H17F2N3O3. The van der Waals surface area contributed by atoms with Gasteiger partial charge in [-0.1, -0.05) is 0 Å². The zero-order chi connectivity index (χ0) is 15.9.